The van der Waals surface area contributed by atoms with Crippen LogP contribution in [0.2, 0.25) is 0 Å². The van der Waals surface area contributed by atoms with Crippen LogP contribution in [0.4, 0.5) is 5.69 Å². The van der Waals surface area contributed by atoms with Crippen molar-refractivity contribution in [2.75, 3.05) is 32.6 Å². The van der Waals surface area contributed by atoms with Gasteiger partial charge in [-0.05, 0) is 50.7 Å². The van der Waals surface area contributed by atoms with Crippen LogP contribution in [0.25, 0.3) is 11.0 Å². The first-order chi connectivity index (χ1) is 15.0. The van der Waals surface area contributed by atoms with E-state index < -0.39 is 10.8 Å². The van der Waals surface area contributed by atoms with Gasteiger partial charge in [-0.25, -0.2) is 0 Å². The number of fused-ring (bicyclic) bond motifs is 1. The molecule has 1 amide bonds. The fourth-order valence-electron chi connectivity index (χ4n) is 3.90. The lowest BCUT2D eigenvalue weighted by atomic mass is 10.1. The first kappa shape index (κ1) is 21.7. The van der Waals surface area contributed by atoms with Crippen LogP contribution in [0.5, 0.6) is 0 Å². The molecule has 1 aromatic heterocycles. The van der Waals surface area contributed by atoms with E-state index in [2.05, 4.69) is 5.32 Å². The summed E-state index contributed by atoms with van der Waals surface area (Å²) in [5.41, 5.74) is 3.18. The van der Waals surface area contributed by atoms with Crippen LogP contribution >= 0.6 is 0 Å². The van der Waals surface area contributed by atoms with Crippen LogP contribution in [0.15, 0.2) is 52.9 Å². The van der Waals surface area contributed by atoms with E-state index in [1.807, 2.05) is 67.5 Å². The number of nitrogens with one attached hydrogen (secondary N) is 1. The summed E-state index contributed by atoms with van der Waals surface area (Å²) in [5, 5.41) is 4.08. The summed E-state index contributed by atoms with van der Waals surface area (Å²) < 4.78 is 24.0. The van der Waals surface area contributed by atoms with Gasteiger partial charge in [-0.3, -0.25) is 9.00 Å². The summed E-state index contributed by atoms with van der Waals surface area (Å²) >= 11 is 0. The Labute approximate surface area is 185 Å². The van der Waals surface area contributed by atoms with Gasteiger partial charge in [-0.2, -0.15) is 0 Å². The van der Waals surface area contributed by atoms with Crippen molar-refractivity contribution in [3.05, 3.63) is 65.4 Å². The number of furan rings is 1. The minimum atomic E-state index is -0.952. The molecule has 0 aliphatic carbocycles. The maximum atomic E-state index is 13.1. The average Bonchev–Trinajstić information content (AvgIpc) is 3.13. The molecule has 1 saturated heterocycles. The molecule has 1 fully saturated rings. The second-order valence-electron chi connectivity index (χ2n) is 8.13. The zero-order valence-electron chi connectivity index (χ0n) is 17.9. The van der Waals surface area contributed by atoms with Crippen molar-refractivity contribution in [1.29, 1.82) is 0 Å². The summed E-state index contributed by atoms with van der Waals surface area (Å²) in [6.07, 6.45) is 1.67. The highest BCUT2D eigenvalue weighted by atomic mass is 32.2. The van der Waals surface area contributed by atoms with Crippen molar-refractivity contribution in [1.82, 2.24) is 4.90 Å². The van der Waals surface area contributed by atoms with Gasteiger partial charge in [0.1, 0.15) is 5.58 Å². The fraction of sp³-hybridized carbons (Fsp3) is 0.375. The summed E-state index contributed by atoms with van der Waals surface area (Å²) in [6.45, 7) is 1.96. The first-order valence-corrected chi connectivity index (χ1v) is 11.9. The first-order valence-electron chi connectivity index (χ1n) is 10.5. The zero-order chi connectivity index (χ0) is 21.8. The molecule has 7 heteroatoms. The quantitative estimate of drug-likeness (QED) is 0.597. The van der Waals surface area contributed by atoms with Crippen LogP contribution in [-0.2, 0) is 27.8 Å². The largest absolute Gasteiger partial charge is 0.451 e. The van der Waals surface area contributed by atoms with Gasteiger partial charge in [-0.1, -0.05) is 30.3 Å². The molecule has 1 aliphatic rings. The van der Waals surface area contributed by atoms with E-state index in [0.717, 1.165) is 29.4 Å². The summed E-state index contributed by atoms with van der Waals surface area (Å²) in [6, 6.07) is 15.3. The van der Waals surface area contributed by atoms with Gasteiger partial charge >= 0.3 is 0 Å². The Balaban J connectivity index is 1.51. The Hall–Kier alpha value is -2.48. The number of nitrogens with zero attached hydrogens (tertiary/aromatic N) is 1. The molecule has 3 aromatic rings. The summed E-state index contributed by atoms with van der Waals surface area (Å²) in [5.74, 6) is 0.520. The molecule has 0 radical (unpaired) electrons. The maximum Gasteiger partial charge on any atom is 0.291 e. The number of para-hydroxylation sites is 1. The Morgan fingerprint density at radius 1 is 1.13 bits per heavy atom. The predicted molar refractivity (Wildman–Crippen MR) is 124 cm³/mol. The Morgan fingerprint density at radius 2 is 1.90 bits per heavy atom. The average molecular weight is 441 g/mol. The van der Waals surface area contributed by atoms with Crippen LogP contribution in [-0.4, -0.2) is 47.6 Å². The highest BCUT2D eigenvalue weighted by Gasteiger charge is 2.22. The van der Waals surface area contributed by atoms with Gasteiger partial charge in [0.2, 0.25) is 0 Å². The number of hydrogen-bond acceptors (Lipinski definition) is 5. The summed E-state index contributed by atoms with van der Waals surface area (Å²) in [7, 11) is 2.98. The molecule has 164 valence electrons. The third-order valence-corrected chi connectivity index (χ3v) is 7.25. The highest BCUT2D eigenvalue weighted by molar-refractivity contribution is 7.84. The third kappa shape index (κ3) is 5.23. The smallest absolute Gasteiger partial charge is 0.291 e. The van der Waals surface area contributed by atoms with E-state index in [0.29, 0.717) is 42.5 Å². The number of hydrogen-bond donors (Lipinski definition) is 1. The molecule has 2 aromatic carbocycles. The van der Waals surface area contributed by atoms with Crippen molar-refractivity contribution in [2.24, 2.45) is 0 Å². The predicted octanol–water partition coefficient (Wildman–Crippen LogP) is 4.17. The second-order valence-corrected chi connectivity index (χ2v) is 9.85. The number of ether oxygens (including phenoxy) is 1. The second kappa shape index (κ2) is 9.77. The molecular weight excluding hydrogens is 412 g/mol. The molecule has 0 spiro atoms. The van der Waals surface area contributed by atoms with Crippen molar-refractivity contribution in [2.45, 2.75) is 30.4 Å². The van der Waals surface area contributed by atoms with Crippen LogP contribution < -0.4 is 5.32 Å². The zero-order valence-corrected chi connectivity index (χ0v) is 18.7. The minimum absolute atomic E-state index is 0.177. The van der Waals surface area contributed by atoms with Gasteiger partial charge < -0.3 is 19.4 Å². The lowest BCUT2D eigenvalue weighted by Crippen LogP contribution is -2.25. The van der Waals surface area contributed by atoms with Gasteiger partial charge in [0.25, 0.3) is 5.91 Å². The molecule has 0 saturated carbocycles. The monoisotopic (exact) mass is 440 g/mol. The molecule has 1 N–H and O–H groups in total. The lowest BCUT2D eigenvalue weighted by molar-refractivity contribution is 0.0991. The van der Waals surface area contributed by atoms with E-state index in [-0.39, 0.29) is 11.2 Å². The maximum absolute atomic E-state index is 13.1. The number of rotatable bonds is 7. The molecular formula is C24H28N2O4S. The minimum Gasteiger partial charge on any atom is -0.451 e. The number of amides is 1. The molecule has 1 atom stereocenters. The lowest BCUT2D eigenvalue weighted by Gasteiger charge is -2.21. The Bertz CT molecular complexity index is 1090. The fourth-order valence-corrected chi connectivity index (χ4v) is 5.37. The van der Waals surface area contributed by atoms with E-state index in [9.17, 15) is 9.00 Å². The Morgan fingerprint density at radius 3 is 2.68 bits per heavy atom. The normalized spacial score (nSPS) is 16.0. The summed E-state index contributed by atoms with van der Waals surface area (Å²) in [4.78, 5) is 15.1. The van der Waals surface area contributed by atoms with Crippen LogP contribution in [0.1, 0.15) is 34.5 Å². The van der Waals surface area contributed by atoms with Crippen LogP contribution in [0, 0.1) is 0 Å². The molecule has 0 bridgehead atoms. The number of anilines is 1. The van der Waals surface area contributed by atoms with Gasteiger partial charge in [0.05, 0.1) is 0 Å². The van der Waals surface area contributed by atoms with E-state index in [4.69, 9.17) is 9.15 Å². The molecule has 6 nitrogen and oxygen atoms in total. The molecule has 2 heterocycles. The van der Waals surface area contributed by atoms with Crippen molar-refractivity contribution < 1.29 is 18.2 Å². The van der Waals surface area contributed by atoms with Crippen molar-refractivity contribution in [3.8, 4) is 0 Å². The van der Waals surface area contributed by atoms with Gasteiger partial charge in [0, 0.05) is 58.2 Å². The van der Waals surface area contributed by atoms with E-state index in [1.54, 1.807) is 0 Å². The molecule has 31 heavy (non-hydrogen) atoms. The molecule has 1 unspecified atom stereocenters. The van der Waals surface area contributed by atoms with E-state index in [1.165, 1.54) is 0 Å². The third-order valence-electron chi connectivity index (χ3n) is 5.41. The van der Waals surface area contributed by atoms with Crippen molar-refractivity contribution in [3.63, 3.8) is 0 Å². The van der Waals surface area contributed by atoms with Crippen LogP contribution in [0.3, 0.4) is 0 Å². The highest BCUT2D eigenvalue weighted by Crippen LogP contribution is 2.28. The number of carbonyl (C=O) groups is 1. The van der Waals surface area contributed by atoms with Crippen molar-refractivity contribution >= 4 is 33.4 Å². The number of carbonyl (C=O) groups excluding carboxylic acids is 1. The Kier molecular flexibility index (Phi) is 6.85. The molecule has 1 aliphatic heterocycles. The van der Waals surface area contributed by atoms with Gasteiger partial charge in [-0.15, -0.1) is 0 Å². The number of benzene rings is 2. The van der Waals surface area contributed by atoms with Gasteiger partial charge in [0.15, 0.2) is 5.76 Å². The molecule has 4 rings (SSSR count). The SMILES string of the molecule is CN(C)Cc1c(C(=O)Nc2cccc(CS(=O)C3CCOCC3)c2)oc2ccccc12. The standard InChI is InChI=1S/C24H28N2O4S/c1-26(2)15-21-20-8-3-4-9-22(20)30-23(21)24(27)25-18-7-5-6-17(14-18)16-31(28)19-10-12-29-13-11-19/h3-9,14,19H,10-13,15-16H2,1-2H3,(H,25,27). The van der Waals surface area contributed by atoms with E-state index >= 15 is 0 Å². The topological polar surface area (TPSA) is 71.8 Å².